The van der Waals surface area contributed by atoms with Crippen molar-refractivity contribution in [3.8, 4) is 5.75 Å². The highest BCUT2D eigenvalue weighted by Gasteiger charge is 2.32. The van der Waals surface area contributed by atoms with Crippen LogP contribution in [-0.4, -0.2) is 40.4 Å². The number of hydrogen-bond donors (Lipinski definition) is 2. The smallest absolute Gasteiger partial charge is 0.178 e. The third kappa shape index (κ3) is 3.78. The molecule has 4 aromatic rings. The Kier molecular flexibility index (Phi) is 5.66. The Labute approximate surface area is 189 Å². The van der Waals surface area contributed by atoms with Crippen LogP contribution in [0.5, 0.6) is 5.75 Å². The molecule has 3 unspecified atom stereocenters. The largest absolute Gasteiger partial charge is 0.472 e. The van der Waals surface area contributed by atoms with Crippen molar-refractivity contribution in [2.24, 2.45) is 0 Å². The average molecular weight is 429 g/mol. The molecule has 0 radical (unpaired) electrons. The van der Waals surface area contributed by atoms with Gasteiger partial charge in [0, 0.05) is 30.2 Å². The van der Waals surface area contributed by atoms with E-state index < -0.39 is 6.10 Å². The fraction of sp³-hybridized carbons (Fsp3) is 0.357. The molecule has 1 aromatic heterocycles. The number of aryl methyl sites for hydroxylation is 2. The van der Waals surface area contributed by atoms with Crippen molar-refractivity contribution in [3.63, 3.8) is 0 Å². The van der Waals surface area contributed by atoms with Crippen molar-refractivity contribution >= 4 is 21.7 Å². The van der Waals surface area contributed by atoms with Crippen molar-refractivity contribution in [3.05, 3.63) is 77.5 Å². The molecule has 0 saturated carbocycles. The molecule has 32 heavy (non-hydrogen) atoms. The Balaban J connectivity index is 1.45. The van der Waals surface area contributed by atoms with E-state index >= 15 is 0 Å². The van der Waals surface area contributed by atoms with E-state index in [4.69, 9.17) is 4.74 Å². The maximum atomic E-state index is 10.7. The molecular weight excluding hydrogens is 396 g/mol. The van der Waals surface area contributed by atoms with E-state index in [1.165, 1.54) is 27.5 Å². The van der Waals surface area contributed by atoms with Gasteiger partial charge < -0.3 is 14.8 Å². The van der Waals surface area contributed by atoms with Gasteiger partial charge in [0.25, 0.3) is 0 Å². The van der Waals surface area contributed by atoms with Crippen molar-refractivity contribution in [1.29, 1.82) is 0 Å². The second-order valence-corrected chi connectivity index (χ2v) is 9.23. The van der Waals surface area contributed by atoms with Crippen LogP contribution in [0.4, 0.5) is 0 Å². The molecule has 1 fully saturated rings. The summed E-state index contributed by atoms with van der Waals surface area (Å²) >= 11 is 0. The van der Waals surface area contributed by atoms with Crippen LogP contribution in [0.1, 0.15) is 42.4 Å². The first-order valence-corrected chi connectivity index (χ1v) is 11.7. The highest BCUT2D eigenvalue weighted by Crippen LogP contribution is 2.36. The maximum absolute atomic E-state index is 10.7. The first kappa shape index (κ1) is 21.0. The molecule has 166 valence electrons. The Morgan fingerprint density at radius 3 is 2.75 bits per heavy atom. The van der Waals surface area contributed by atoms with Crippen molar-refractivity contribution < 1.29 is 9.84 Å². The minimum Gasteiger partial charge on any atom is -0.472 e. The van der Waals surface area contributed by atoms with Gasteiger partial charge in [0.15, 0.2) is 6.23 Å². The van der Waals surface area contributed by atoms with Gasteiger partial charge in [0.2, 0.25) is 0 Å². The summed E-state index contributed by atoms with van der Waals surface area (Å²) in [5.74, 6) is 1.25. The lowest BCUT2D eigenvalue weighted by molar-refractivity contribution is -0.0676. The first-order valence-electron chi connectivity index (χ1n) is 11.7. The number of aliphatic hydroxyl groups is 1. The lowest BCUT2D eigenvalue weighted by atomic mass is 9.83. The van der Waals surface area contributed by atoms with Crippen molar-refractivity contribution in [2.45, 2.75) is 51.9 Å². The van der Waals surface area contributed by atoms with Crippen molar-refractivity contribution in [2.75, 3.05) is 13.1 Å². The summed E-state index contributed by atoms with van der Waals surface area (Å²) in [6.07, 6.45) is 3.21. The van der Waals surface area contributed by atoms with Gasteiger partial charge in [0.05, 0.1) is 0 Å². The van der Waals surface area contributed by atoms with Crippen LogP contribution in [-0.2, 0) is 0 Å². The fourth-order valence-corrected chi connectivity index (χ4v) is 5.59. The van der Waals surface area contributed by atoms with E-state index in [9.17, 15) is 5.11 Å². The summed E-state index contributed by atoms with van der Waals surface area (Å²) in [4.78, 5) is 5.57. The molecule has 4 nitrogen and oxygen atoms in total. The van der Waals surface area contributed by atoms with E-state index in [-0.39, 0.29) is 6.23 Å². The number of ether oxygens (including phenoxy) is 1. The standard InChI is InChI=1S/C28H32N2O2/c1-18-16-21-8-4-5-10-23(21)19(2)27(18)22-9-7-15-30(17-22)28(20(3)31)32-26-12-6-11-25-24(26)13-14-29-25/h4-6,8,10-14,16,20,22,28-29,31H,7,9,15,17H2,1-3H3. The molecule has 4 heteroatoms. The van der Waals surface area contributed by atoms with E-state index in [2.05, 4.69) is 54.1 Å². The number of fused-ring (bicyclic) bond motifs is 2. The molecule has 2 heterocycles. The van der Waals surface area contributed by atoms with Gasteiger partial charge in [-0.15, -0.1) is 0 Å². The number of piperidine rings is 1. The van der Waals surface area contributed by atoms with Gasteiger partial charge in [-0.1, -0.05) is 36.4 Å². The molecule has 1 saturated heterocycles. The minimum absolute atomic E-state index is 0.376. The zero-order valence-corrected chi connectivity index (χ0v) is 19.1. The molecule has 0 amide bonds. The summed E-state index contributed by atoms with van der Waals surface area (Å²) in [6, 6.07) is 19.1. The lowest BCUT2D eigenvalue weighted by Crippen LogP contribution is -2.50. The van der Waals surface area contributed by atoms with E-state index in [0.717, 1.165) is 42.6 Å². The molecule has 5 rings (SSSR count). The topological polar surface area (TPSA) is 48.5 Å². The quantitative estimate of drug-likeness (QED) is 0.416. The highest BCUT2D eigenvalue weighted by atomic mass is 16.5. The normalized spacial score (nSPS) is 19.3. The van der Waals surface area contributed by atoms with Crippen LogP contribution in [0.2, 0.25) is 0 Å². The van der Waals surface area contributed by atoms with Crippen molar-refractivity contribution in [1.82, 2.24) is 9.88 Å². The number of nitrogens with zero attached hydrogens (tertiary/aromatic N) is 1. The second kappa shape index (κ2) is 8.61. The van der Waals surface area contributed by atoms with Gasteiger partial charge in [0.1, 0.15) is 11.9 Å². The summed E-state index contributed by atoms with van der Waals surface area (Å²) < 4.78 is 6.46. The number of aromatic nitrogens is 1. The molecule has 1 aliphatic heterocycles. The zero-order valence-electron chi connectivity index (χ0n) is 19.1. The average Bonchev–Trinajstić information content (AvgIpc) is 3.27. The van der Waals surface area contributed by atoms with Crippen LogP contribution in [0, 0.1) is 13.8 Å². The first-order chi connectivity index (χ1) is 15.5. The molecule has 2 N–H and O–H groups in total. The van der Waals surface area contributed by atoms with Crippen LogP contribution in [0.3, 0.4) is 0 Å². The number of benzene rings is 3. The number of likely N-dealkylation sites (tertiary alicyclic amines) is 1. The van der Waals surface area contributed by atoms with Gasteiger partial charge in [-0.25, -0.2) is 0 Å². The highest BCUT2D eigenvalue weighted by molar-refractivity contribution is 5.88. The number of aromatic amines is 1. The lowest BCUT2D eigenvalue weighted by Gasteiger charge is -2.40. The number of hydrogen-bond acceptors (Lipinski definition) is 3. The fourth-order valence-electron chi connectivity index (χ4n) is 5.59. The molecular formula is C28H32N2O2. The predicted octanol–water partition coefficient (Wildman–Crippen LogP) is 5.90. The summed E-state index contributed by atoms with van der Waals surface area (Å²) in [5.41, 5.74) is 5.26. The Hall–Kier alpha value is -2.82. The zero-order chi connectivity index (χ0) is 22.2. The Morgan fingerprint density at radius 1 is 1.06 bits per heavy atom. The molecule has 3 aromatic carbocycles. The van der Waals surface area contributed by atoms with Gasteiger partial charge in [-0.05, 0) is 85.2 Å². The number of H-pyrrole nitrogens is 1. The maximum Gasteiger partial charge on any atom is 0.178 e. The third-order valence-corrected chi connectivity index (χ3v) is 7.00. The van der Waals surface area contributed by atoms with Crippen LogP contribution >= 0.6 is 0 Å². The summed E-state index contributed by atoms with van der Waals surface area (Å²) in [5, 5.41) is 14.4. The number of aliphatic hydroxyl groups excluding tert-OH is 1. The molecule has 0 bridgehead atoms. The van der Waals surface area contributed by atoms with E-state index in [0.29, 0.717) is 5.92 Å². The minimum atomic E-state index is -0.596. The second-order valence-electron chi connectivity index (χ2n) is 9.23. The SMILES string of the molecule is Cc1cc2ccccc2c(C)c1C1CCCN(C(Oc2cccc3[nH]ccc23)C(C)O)C1. The molecule has 3 atom stereocenters. The number of rotatable bonds is 5. The van der Waals surface area contributed by atoms with Crippen LogP contribution < -0.4 is 4.74 Å². The van der Waals surface area contributed by atoms with Gasteiger partial charge in [-0.2, -0.15) is 0 Å². The molecule has 0 spiro atoms. The number of nitrogens with one attached hydrogen (secondary N) is 1. The Bertz CT molecular complexity index is 1240. The summed E-state index contributed by atoms with van der Waals surface area (Å²) in [6.45, 7) is 8.15. The van der Waals surface area contributed by atoms with Crippen LogP contribution in [0.15, 0.2) is 60.8 Å². The third-order valence-electron chi connectivity index (χ3n) is 7.00. The predicted molar refractivity (Wildman–Crippen MR) is 131 cm³/mol. The van der Waals surface area contributed by atoms with E-state index in [1.54, 1.807) is 0 Å². The van der Waals surface area contributed by atoms with E-state index in [1.807, 2.05) is 37.4 Å². The summed E-state index contributed by atoms with van der Waals surface area (Å²) in [7, 11) is 0. The Morgan fingerprint density at radius 2 is 1.91 bits per heavy atom. The molecule has 1 aliphatic rings. The van der Waals surface area contributed by atoms with Crippen LogP contribution in [0.25, 0.3) is 21.7 Å². The molecule has 0 aliphatic carbocycles. The van der Waals surface area contributed by atoms with Gasteiger partial charge >= 0.3 is 0 Å². The monoisotopic (exact) mass is 428 g/mol. The van der Waals surface area contributed by atoms with Gasteiger partial charge in [-0.3, -0.25) is 4.90 Å².